The van der Waals surface area contributed by atoms with Crippen molar-refractivity contribution in [3.05, 3.63) is 76.9 Å². The van der Waals surface area contributed by atoms with Gasteiger partial charge in [0.25, 0.3) is 5.91 Å². The van der Waals surface area contributed by atoms with Gasteiger partial charge in [0.15, 0.2) is 0 Å². The molecule has 0 aliphatic carbocycles. The van der Waals surface area contributed by atoms with E-state index in [2.05, 4.69) is 22.9 Å². The van der Waals surface area contributed by atoms with E-state index in [1.54, 1.807) is 0 Å². The zero-order valence-corrected chi connectivity index (χ0v) is 18.2. The molecule has 5 heteroatoms. The molecule has 1 aliphatic heterocycles. The Bertz CT molecular complexity index is 1000. The van der Waals surface area contributed by atoms with Crippen LogP contribution in [0, 0.1) is 0 Å². The summed E-state index contributed by atoms with van der Waals surface area (Å²) in [5.41, 5.74) is 2.98. The van der Waals surface area contributed by atoms with Gasteiger partial charge in [-0.05, 0) is 61.7 Å². The van der Waals surface area contributed by atoms with Crippen LogP contribution in [-0.4, -0.2) is 46.4 Å². The fourth-order valence-electron chi connectivity index (χ4n) is 4.42. The fourth-order valence-corrected chi connectivity index (χ4v) is 4.63. The molecule has 2 aromatic carbocycles. The minimum atomic E-state index is 0.143. The Morgan fingerprint density at radius 2 is 1.87 bits per heavy atom. The molecular weight excluding hydrogens is 394 g/mol. The lowest BCUT2D eigenvalue weighted by molar-refractivity contribution is 0.0608. The second-order valence-electron chi connectivity index (χ2n) is 7.97. The van der Waals surface area contributed by atoms with Crippen LogP contribution in [0.1, 0.15) is 42.1 Å². The molecule has 0 bridgehead atoms. The van der Waals surface area contributed by atoms with Crippen molar-refractivity contribution < 1.29 is 4.79 Å². The number of pyridine rings is 1. The van der Waals surface area contributed by atoms with Crippen LogP contribution in [0.2, 0.25) is 5.02 Å². The number of aromatic nitrogens is 1. The smallest absolute Gasteiger partial charge is 0.253 e. The molecule has 3 aromatic rings. The van der Waals surface area contributed by atoms with Crippen molar-refractivity contribution >= 4 is 28.4 Å². The number of nitrogens with zero attached hydrogens (tertiary/aromatic N) is 3. The zero-order valence-electron chi connectivity index (χ0n) is 17.4. The number of hydrogen-bond donors (Lipinski definition) is 0. The number of hydrogen-bond acceptors (Lipinski definition) is 3. The van der Waals surface area contributed by atoms with Gasteiger partial charge in [-0.25, -0.2) is 0 Å². The summed E-state index contributed by atoms with van der Waals surface area (Å²) >= 11 is 6.38. The highest BCUT2D eigenvalue weighted by Crippen LogP contribution is 2.27. The maximum absolute atomic E-state index is 12.8. The van der Waals surface area contributed by atoms with Gasteiger partial charge in [-0.1, -0.05) is 42.8 Å². The summed E-state index contributed by atoms with van der Waals surface area (Å²) in [6, 6.07) is 18.1. The topological polar surface area (TPSA) is 36.4 Å². The summed E-state index contributed by atoms with van der Waals surface area (Å²) in [6.45, 7) is 5.72. The SMILES string of the molecule is CCCN(Cc1ccc(Cl)c2cccnc12)C1CCN(C(=O)c2ccccc2)CC1. The first-order valence-electron chi connectivity index (χ1n) is 10.8. The second-order valence-corrected chi connectivity index (χ2v) is 8.37. The summed E-state index contributed by atoms with van der Waals surface area (Å²) < 4.78 is 0. The molecule has 4 rings (SSSR count). The van der Waals surface area contributed by atoms with E-state index in [-0.39, 0.29) is 5.91 Å². The summed E-state index contributed by atoms with van der Waals surface area (Å²) in [4.78, 5) is 21.9. The molecule has 0 N–H and O–H groups in total. The van der Waals surface area contributed by atoms with Crippen LogP contribution < -0.4 is 0 Å². The van der Waals surface area contributed by atoms with Gasteiger partial charge in [-0.15, -0.1) is 0 Å². The lowest BCUT2D eigenvalue weighted by Gasteiger charge is -2.38. The van der Waals surface area contributed by atoms with Gasteiger partial charge in [0.05, 0.1) is 5.52 Å². The number of carbonyl (C=O) groups excluding carboxylic acids is 1. The molecule has 0 spiro atoms. The third-order valence-corrected chi connectivity index (χ3v) is 6.30. The van der Waals surface area contributed by atoms with Crippen molar-refractivity contribution in [3.63, 3.8) is 0 Å². The van der Waals surface area contributed by atoms with E-state index in [1.807, 2.05) is 59.6 Å². The van der Waals surface area contributed by atoms with Crippen LogP contribution in [0.3, 0.4) is 0 Å². The Morgan fingerprint density at radius 1 is 1.10 bits per heavy atom. The molecular formula is C25H28ClN3O. The molecule has 0 unspecified atom stereocenters. The van der Waals surface area contributed by atoms with E-state index in [4.69, 9.17) is 11.6 Å². The Labute approximate surface area is 183 Å². The number of rotatable bonds is 6. The van der Waals surface area contributed by atoms with E-state index in [9.17, 15) is 4.79 Å². The van der Waals surface area contributed by atoms with E-state index in [0.717, 1.165) is 66.9 Å². The van der Waals surface area contributed by atoms with E-state index >= 15 is 0 Å². The minimum absolute atomic E-state index is 0.143. The molecule has 4 nitrogen and oxygen atoms in total. The van der Waals surface area contributed by atoms with Gasteiger partial charge < -0.3 is 4.90 Å². The van der Waals surface area contributed by atoms with Crippen molar-refractivity contribution in [1.82, 2.24) is 14.8 Å². The Morgan fingerprint density at radius 3 is 2.60 bits per heavy atom. The number of benzene rings is 2. The van der Waals surface area contributed by atoms with Crippen LogP contribution in [-0.2, 0) is 6.54 Å². The molecule has 1 aromatic heterocycles. The number of carbonyl (C=O) groups is 1. The van der Waals surface area contributed by atoms with E-state index in [1.165, 1.54) is 5.56 Å². The molecule has 0 saturated carbocycles. The fraction of sp³-hybridized carbons (Fsp3) is 0.360. The highest BCUT2D eigenvalue weighted by atomic mass is 35.5. The Balaban J connectivity index is 1.46. The average molecular weight is 422 g/mol. The first kappa shape index (κ1) is 20.8. The van der Waals surface area contributed by atoms with Crippen molar-refractivity contribution in [2.45, 2.75) is 38.8 Å². The van der Waals surface area contributed by atoms with Crippen molar-refractivity contribution in [2.75, 3.05) is 19.6 Å². The van der Waals surface area contributed by atoms with Crippen LogP contribution in [0.25, 0.3) is 10.9 Å². The van der Waals surface area contributed by atoms with Gasteiger partial charge in [0, 0.05) is 47.8 Å². The monoisotopic (exact) mass is 421 g/mol. The van der Waals surface area contributed by atoms with Crippen LogP contribution in [0.15, 0.2) is 60.8 Å². The first-order valence-corrected chi connectivity index (χ1v) is 11.2. The summed E-state index contributed by atoms with van der Waals surface area (Å²) in [7, 11) is 0. The molecule has 0 radical (unpaired) electrons. The summed E-state index contributed by atoms with van der Waals surface area (Å²) in [6.07, 6.45) is 4.93. The number of likely N-dealkylation sites (tertiary alicyclic amines) is 1. The zero-order chi connectivity index (χ0) is 20.9. The van der Waals surface area contributed by atoms with Crippen LogP contribution >= 0.6 is 11.6 Å². The number of piperidine rings is 1. The average Bonchev–Trinajstić information content (AvgIpc) is 2.81. The van der Waals surface area contributed by atoms with Gasteiger partial charge in [0.2, 0.25) is 0 Å². The van der Waals surface area contributed by atoms with Crippen LogP contribution in [0.4, 0.5) is 0 Å². The molecule has 1 saturated heterocycles. The molecule has 0 atom stereocenters. The van der Waals surface area contributed by atoms with Gasteiger partial charge in [0.1, 0.15) is 0 Å². The molecule has 1 aliphatic rings. The molecule has 30 heavy (non-hydrogen) atoms. The van der Waals surface area contributed by atoms with Crippen molar-refractivity contribution in [3.8, 4) is 0 Å². The Kier molecular flexibility index (Phi) is 6.66. The molecule has 1 amide bonds. The second kappa shape index (κ2) is 9.59. The van der Waals surface area contributed by atoms with Crippen LogP contribution in [0.5, 0.6) is 0 Å². The van der Waals surface area contributed by atoms with Gasteiger partial charge in [-0.3, -0.25) is 14.7 Å². The first-order chi connectivity index (χ1) is 14.7. The van der Waals surface area contributed by atoms with E-state index < -0.39 is 0 Å². The third kappa shape index (κ3) is 4.50. The normalized spacial score (nSPS) is 15.1. The highest BCUT2D eigenvalue weighted by Gasteiger charge is 2.27. The standard InChI is InChI=1S/C25H28ClN3O/c1-2-15-29(18-20-10-11-23(26)22-9-6-14-27-24(20)22)21-12-16-28(17-13-21)25(30)19-7-4-3-5-8-19/h3-11,14,21H,2,12-13,15-18H2,1H3. The third-order valence-electron chi connectivity index (χ3n) is 5.97. The predicted octanol–water partition coefficient (Wildman–Crippen LogP) is 5.41. The summed E-state index contributed by atoms with van der Waals surface area (Å²) in [5, 5.41) is 1.76. The van der Waals surface area contributed by atoms with Crippen molar-refractivity contribution in [2.24, 2.45) is 0 Å². The Hall–Kier alpha value is -2.43. The molecule has 156 valence electrons. The highest BCUT2D eigenvalue weighted by molar-refractivity contribution is 6.35. The lowest BCUT2D eigenvalue weighted by Crippen LogP contribution is -2.46. The quantitative estimate of drug-likeness (QED) is 0.534. The van der Waals surface area contributed by atoms with E-state index in [0.29, 0.717) is 6.04 Å². The number of halogens is 1. The van der Waals surface area contributed by atoms with Gasteiger partial charge >= 0.3 is 0 Å². The number of amides is 1. The van der Waals surface area contributed by atoms with Crippen molar-refractivity contribution in [1.29, 1.82) is 0 Å². The maximum Gasteiger partial charge on any atom is 0.253 e. The predicted molar refractivity (Wildman–Crippen MR) is 123 cm³/mol. The summed E-state index contributed by atoms with van der Waals surface area (Å²) in [5.74, 6) is 0.143. The molecule has 2 heterocycles. The lowest BCUT2D eigenvalue weighted by atomic mass is 10.0. The molecule has 1 fully saturated rings. The minimum Gasteiger partial charge on any atom is -0.339 e. The maximum atomic E-state index is 12.8. The number of fused-ring (bicyclic) bond motifs is 1. The van der Waals surface area contributed by atoms with Gasteiger partial charge in [-0.2, -0.15) is 0 Å². The largest absolute Gasteiger partial charge is 0.339 e.